The third-order valence-corrected chi connectivity index (χ3v) is 3.66. The molecule has 1 amide bonds. The molecule has 0 radical (unpaired) electrons. The minimum absolute atomic E-state index is 0.0123. The van der Waals surface area contributed by atoms with Crippen LogP contribution in [-0.2, 0) is 11.2 Å². The van der Waals surface area contributed by atoms with Crippen LogP contribution in [0.2, 0.25) is 5.02 Å². The zero-order valence-electron chi connectivity index (χ0n) is 14.6. The molecule has 134 valence electrons. The van der Waals surface area contributed by atoms with Gasteiger partial charge < -0.3 is 14.8 Å². The van der Waals surface area contributed by atoms with E-state index in [2.05, 4.69) is 17.4 Å². The number of nitrogens with one attached hydrogen (secondary N) is 1. The van der Waals surface area contributed by atoms with Crippen LogP contribution in [0.5, 0.6) is 11.5 Å². The highest BCUT2D eigenvalue weighted by atomic mass is 35.5. The van der Waals surface area contributed by atoms with Crippen LogP contribution in [0.15, 0.2) is 48.5 Å². The number of carbonyl (C=O) groups excluding carboxylic acids is 1. The van der Waals surface area contributed by atoms with Crippen molar-refractivity contribution in [3.05, 3.63) is 59.1 Å². The summed E-state index contributed by atoms with van der Waals surface area (Å²) >= 11 is 5.87. The molecule has 2 aromatic carbocycles. The van der Waals surface area contributed by atoms with Gasteiger partial charge in [0.2, 0.25) is 0 Å². The minimum Gasteiger partial charge on any atom is -0.491 e. The van der Waals surface area contributed by atoms with Crippen LogP contribution in [0.1, 0.15) is 25.8 Å². The van der Waals surface area contributed by atoms with Crippen LogP contribution in [0.25, 0.3) is 0 Å². The van der Waals surface area contributed by atoms with Crippen molar-refractivity contribution in [2.45, 2.75) is 32.8 Å². The average Bonchev–Trinajstić information content (AvgIpc) is 2.58. The van der Waals surface area contributed by atoms with Crippen molar-refractivity contribution in [2.24, 2.45) is 0 Å². The molecule has 2 rings (SSSR count). The molecule has 5 heteroatoms. The Balaban J connectivity index is 1.62. The lowest BCUT2D eigenvalue weighted by Crippen LogP contribution is -2.29. The molecule has 0 heterocycles. The van der Waals surface area contributed by atoms with Gasteiger partial charge in [-0.2, -0.15) is 0 Å². The van der Waals surface area contributed by atoms with Crippen LogP contribution in [0.4, 0.5) is 0 Å². The normalized spacial score (nSPS) is 10.6. The Labute approximate surface area is 154 Å². The molecule has 0 unspecified atom stereocenters. The molecule has 0 saturated carbocycles. The standard InChI is InChI=1S/C20H24ClNO3/c1-15(2)25-18-10-8-16(9-11-18)5-4-12-22-20(23)14-24-19-7-3-6-17(21)13-19/h3,6-11,13,15H,4-5,12,14H2,1-2H3,(H,22,23). The lowest BCUT2D eigenvalue weighted by Gasteiger charge is -2.10. The van der Waals surface area contributed by atoms with E-state index in [1.54, 1.807) is 24.3 Å². The summed E-state index contributed by atoms with van der Waals surface area (Å²) in [5.74, 6) is 1.33. The van der Waals surface area contributed by atoms with Gasteiger partial charge in [-0.05, 0) is 62.6 Å². The third-order valence-electron chi connectivity index (χ3n) is 3.43. The lowest BCUT2D eigenvalue weighted by atomic mass is 10.1. The van der Waals surface area contributed by atoms with Crippen molar-refractivity contribution in [1.29, 1.82) is 0 Å². The number of halogens is 1. The van der Waals surface area contributed by atoms with Crippen LogP contribution < -0.4 is 14.8 Å². The second kappa shape index (κ2) is 9.94. The first-order valence-corrected chi connectivity index (χ1v) is 8.81. The molecule has 0 saturated heterocycles. The molecular weight excluding hydrogens is 338 g/mol. The Kier molecular flexibility index (Phi) is 7.61. The number of benzene rings is 2. The van der Waals surface area contributed by atoms with E-state index >= 15 is 0 Å². The zero-order valence-corrected chi connectivity index (χ0v) is 15.4. The lowest BCUT2D eigenvalue weighted by molar-refractivity contribution is -0.123. The van der Waals surface area contributed by atoms with E-state index in [0.29, 0.717) is 17.3 Å². The van der Waals surface area contributed by atoms with E-state index in [0.717, 1.165) is 18.6 Å². The molecule has 0 atom stereocenters. The molecule has 25 heavy (non-hydrogen) atoms. The van der Waals surface area contributed by atoms with Gasteiger partial charge in [0.05, 0.1) is 6.10 Å². The highest BCUT2D eigenvalue weighted by molar-refractivity contribution is 6.30. The first kappa shape index (κ1) is 19.1. The zero-order chi connectivity index (χ0) is 18.1. The van der Waals surface area contributed by atoms with Crippen LogP contribution in [0, 0.1) is 0 Å². The minimum atomic E-state index is -0.138. The summed E-state index contributed by atoms with van der Waals surface area (Å²) in [6.07, 6.45) is 1.94. The first-order chi connectivity index (χ1) is 12.0. The number of ether oxygens (including phenoxy) is 2. The van der Waals surface area contributed by atoms with E-state index in [1.165, 1.54) is 5.56 Å². The van der Waals surface area contributed by atoms with Crippen molar-refractivity contribution in [3.8, 4) is 11.5 Å². The van der Waals surface area contributed by atoms with Gasteiger partial charge in [0.1, 0.15) is 11.5 Å². The fourth-order valence-corrected chi connectivity index (χ4v) is 2.46. The number of amides is 1. The molecule has 1 N–H and O–H groups in total. The Morgan fingerprint density at radius 3 is 2.56 bits per heavy atom. The summed E-state index contributed by atoms with van der Waals surface area (Å²) in [6, 6.07) is 15.1. The van der Waals surface area contributed by atoms with Gasteiger partial charge in [-0.1, -0.05) is 29.8 Å². The summed E-state index contributed by atoms with van der Waals surface area (Å²) in [5.41, 5.74) is 1.22. The maximum absolute atomic E-state index is 11.8. The molecule has 0 aliphatic heterocycles. The predicted octanol–water partition coefficient (Wildman–Crippen LogP) is 4.26. The van der Waals surface area contributed by atoms with Gasteiger partial charge in [-0.25, -0.2) is 0 Å². The van der Waals surface area contributed by atoms with Crippen molar-refractivity contribution in [3.63, 3.8) is 0 Å². The fraction of sp³-hybridized carbons (Fsp3) is 0.350. The van der Waals surface area contributed by atoms with Gasteiger partial charge >= 0.3 is 0 Å². The maximum Gasteiger partial charge on any atom is 0.257 e. The number of aryl methyl sites for hydroxylation is 1. The highest BCUT2D eigenvalue weighted by Crippen LogP contribution is 2.17. The van der Waals surface area contributed by atoms with Gasteiger partial charge in [0.15, 0.2) is 6.61 Å². The topological polar surface area (TPSA) is 47.6 Å². The quantitative estimate of drug-likeness (QED) is 0.679. The van der Waals surface area contributed by atoms with Gasteiger partial charge in [-0.15, -0.1) is 0 Å². The molecule has 0 spiro atoms. The maximum atomic E-state index is 11.8. The summed E-state index contributed by atoms with van der Waals surface area (Å²) in [6.45, 7) is 4.61. The number of hydrogen-bond acceptors (Lipinski definition) is 3. The van der Waals surface area contributed by atoms with Gasteiger partial charge in [0.25, 0.3) is 5.91 Å². The molecule has 2 aromatic rings. The van der Waals surface area contributed by atoms with E-state index < -0.39 is 0 Å². The fourth-order valence-electron chi connectivity index (χ4n) is 2.28. The SMILES string of the molecule is CC(C)Oc1ccc(CCCNC(=O)COc2cccc(Cl)c2)cc1. The van der Waals surface area contributed by atoms with Crippen molar-refractivity contribution in [2.75, 3.05) is 13.2 Å². The monoisotopic (exact) mass is 361 g/mol. The second-order valence-electron chi connectivity index (χ2n) is 6.01. The van der Waals surface area contributed by atoms with Crippen molar-refractivity contribution in [1.82, 2.24) is 5.32 Å². The summed E-state index contributed by atoms with van der Waals surface area (Å²) in [7, 11) is 0. The molecule has 0 aliphatic rings. The van der Waals surface area contributed by atoms with Crippen LogP contribution in [-0.4, -0.2) is 25.2 Å². The Morgan fingerprint density at radius 1 is 1.12 bits per heavy atom. The predicted molar refractivity (Wildman–Crippen MR) is 100 cm³/mol. The average molecular weight is 362 g/mol. The first-order valence-electron chi connectivity index (χ1n) is 8.43. The third kappa shape index (κ3) is 7.48. The largest absolute Gasteiger partial charge is 0.491 e. The molecule has 4 nitrogen and oxygen atoms in total. The second-order valence-corrected chi connectivity index (χ2v) is 6.45. The number of rotatable bonds is 9. The molecule has 0 aromatic heterocycles. The summed E-state index contributed by atoms with van der Waals surface area (Å²) in [5, 5.41) is 3.44. The van der Waals surface area contributed by atoms with E-state index in [9.17, 15) is 4.79 Å². The number of hydrogen-bond donors (Lipinski definition) is 1. The Bertz CT molecular complexity index is 671. The highest BCUT2D eigenvalue weighted by Gasteiger charge is 2.03. The van der Waals surface area contributed by atoms with E-state index in [-0.39, 0.29) is 18.6 Å². The Morgan fingerprint density at radius 2 is 1.88 bits per heavy atom. The van der Waals surface area contributed by atoms with E-state index in [4.69, 9.17) is 21.1 Å². The smallest absolute Gasteiger partial charge is 0.257 e. The summed E-state index contributed by atoms with van der Waals surface area (Å²) in [4.78, 5) is 11.8. The van der Waals surface area contributed by atoms with Crippen LogP contribution in [0.3, 0.4) is 0 Å². The summed E-state index contributed by atoms with van der Waals surface area (Å²) < 4.78 is 11.0. The molecular formula is C20H24ClNO3. The van der Waals surface area contributed by atoms with Crippen LogP contribution >= 0.6 is 11.6 Å². The van der Waals surface area contributed by atoms with Gasteiger partial charge in [-0.3, -0.25) is 4.79 Å². The van der Waals surface area contributed by atoms with Gasteiger partial charge in [0, 0.05) is 11.6 Å². The van der Waals surface area contributed by atoms with Crippen molar-refractivity contribution >= 4 is 17.5 Å². The molecule has 0 aliphatic carbocycles. The number of carbonyl (C=O) groups is 1. The Hall–Kier alpha value is -2.20. The van der Waals surface area contributed by atoms with E-state index in [1.807, 2.05) is 26.0 Å². The van der Waals surface area contributed by atoms with Crippen molar-refractivity contribution < 1.29 is 14.3 Å². The molecule has 0 fully saturated rings. The molecule has 0 bridgehead atoms.